The molecule has 1 amide bonds. The molecule has 3 aromatic rings. The molecule has 0 aliphatic heterocycles. The number of anilines is 1. The number of hydrogen-bond donors (Lipinski definition) is 1. The summed E-state index contributed by atoms with van der Waals surface area (Å²) in [5.74, 6) is 0.123. The van der Waals surface area contributed by atoms with Crippen LogP contribution in [0.2, 0.25) is 0 Å². The van der Waals surface area contributed by atoms with E-state index in [2.05, 4.69) is 15.3 Å². The topological polar surface area (TPSA) is 64.1 Å². The molecule has 1 aliphatic carbocycles. The third-order valence-corrected chi connectivity index (χ3v) is 5.07. The SMILES string of the molecule is Cc1cccc(NC(=O)c2c(Oc3ccc(F)nc3C)ncc(C3CC3)c2C)c1. The van der Waals surface area contributed by atoms with E-state index in [1.165, 1.54) is 12.1 Å². The van der Waals surface area contributed by atoms with E-state index in [0.29, 0.717) is 28.6 Å². The maximum atomic E-state index is 13.3. The average Bonchev–Trinajstić information content (AvgIpc) is 3.49. The molecule has 0 spiro atoms. The fraction of sp³-hybridized carbons (Fsp3) is 0.261. The van der Waals surface area contributed by atoms with Crippen molar-refractivity contribution >= 4 is 11.6 Å². The fourth-order valence-corrected chi connectivity index (χ4v) is 3.39. The van der Waals surface area contributed by atoms with Gasteiger partial charge in [-0.2, -0.15) is 4.39 Å². The minimum Gasteiger partial charge on any atom is -0.436 e. The number of halogens is 1. The second-order valence-corrected chi connectivity index (χ2v) is 7.44. The highest BCUT2D eigenvalue weighted by atomic mass is 19.1. The van der Waals surface area contributed by atoms with Crippen LogP contribution in [0, 0.1) is 26.7 Å². The molecule has 1 aliphatic rings. The van der Waals surface area contributed by atoms with Crippen molar-refractivity contribution in [1.29, 1.82) is 0 Å². The van der Waals surface area contributed by atoms with Crippen LogP contribution in [0.4, 0.5) is 10.1 Å². The number of carbonyl (C=O) groups is 1. The number of nitrogens with one attached hydrogen (secondary N) is 1. The van der Waals surface area contributed by atoms with Crippen molar-refractivity contribution in [3.05, 3.63) is 76.5 Å². The first-order valence-electron chi connectivity index (χ1n) is 9.61. The Bertz CT molecular complexity index is 1090. The molecule has 1 saturated carbocycles. The van der Waals surface area contributed by atoms with E-state index in [1.807, 2.05) is 38.1 Å². The van der Waals surface area contributed by atoms with Gasteiger partial charge in [-0.1, -0.05) is 12.1 Å². The number of benzene rings is 1. The number of aromatic nitrogens is 2. The van der Waals surface area contributed by atoms with Crippen molar-refractivity contribution in [1.82, 2.24) is 9.97 Å². The van der Waals surface area contributed by atoms with E-state index < -0.39 is 5.95 Å². The smallest absolute Gasteiger partial charge is 0.261 e. The van der Waals surface area contributed by atoms with Gasteiger partial charge in [0.1, 0.15) is 5.56 Å². The highest BCUT2D eigenvalue weighted by Crippen LogP contribution is 2.43. The largest absolute Gasteiger partial charge is 0.436 e. The minimum atomic E-state index is -0.583. The van der Waals surface area contributed by atoms with Crippen molar-refractivity contribution in [2.24, 2.45) is 0 Å². The Labute approximate surface area is 169 Å². The van der Waals surface area contributed by atoms with Gasteiger partial charge in [-0.05, 0) is 80.5 Å². The molecule has 1 aromatic carbocycles. The first kappa shape index (κ1) is 19.1. The molecule has 148 valence electrons. The molecule has 29 heavy (non-hydrogen) atoms. The molecule has 6 heteroatoms. The third kappa shape index (κ3) is 4.11. The number of carbonyl (C=O) groups excluding carboxylic acids is 1. The zero-order valence-corrected chi connectivity index (χ0v) is 16.6. The lowest BCUT2D eigenvalue weighted by atomic mass is 10.0. The third-order valence-electron chi connectivity index (χ3n) is 5.07. The molecule has 0 unspecified atom stereocenters. The molecule has 2 heterocycles. The molecule has 0 bridgehead atoms. The summed E-state index contributed by atoms with van der Waals surface area (Å²) in [6, 6.07) is 10.3. The molecular formula is C23H22FN3O2. The van der Waals surface area contributed by atoms with Crippen LogP contribution in [-0.4, -0.2) is 15.9 Å². The van der Waals surface area contributed by atoms with Crippen molar-refractivity contribution < 1.29 is 13.9 Å². The number of hydrogen-bond acceptors (Lipinski definition) is 4. The summed E-state index contributed by atoms with van der Waals surface area (Å²) in [5, 5.41) is 2.94. The van der Waals surface area contributed by atoms with Crippen LogP contribution in [0.3, 0.4) is 0 Å². The number of ether oxygens (including phenoxy) is 1. The Balaban J connectivity index is 1.73. The van der Waals surface area contributed by atoms with E-state index >= 15 is 0 Å². The number of aryl methyl sites for hydroxylation is 2. The standard InChI is InChI=1S/C23H22FN3O2/c1-13-5-4-6-17(11-13)27-22(28)21-14(2)18(16-7-8-16)12-25-23(21)29-19-9-10-20(24)26-15(19)3/h4-6,9-12,16H,7-8H2,1-3H3,(H,27,28). The summed E-state index contributed by atoms with van der Waals surface area (Å²) < 4.78 is 19.2. The van der Waals surface area contributed by atoms with E-state index in [9.17, 15) is 9.18 Å². The normalized spacial score (nSPS) is 13.2. The van der Waals surface area contributed by atoms with E-state index in [0.717, 1.165) is 29.5 Å². The van der Waals surface area contributed by atoms with Crippen LogP contribution in [0.15, 0.2) is 42.6 Å². The predicted octanol–water partition coefficient (Wildman–Crippen LogP) is 5.46. The number of amides is 1. The fourth-order valence-electron chi connectivity index (χ4n) is 3.39. The van der Waals surface area contributed by atoms with E-state index in [1.54, 1.807) is 13.1 Å². The number of nitrogens with zero attached hydrogens (tertiary/aromatic N) is 2. The van der Waals surface area contributed by atoms with Crippen molar-refractivity contribution in [2.45, 2.75) is 39.5 Å². The lowest BCUT2D eigenvalue weighted by Crippen LogP contribution is -2.16. The second-order valence-electron chi connectivity index (χ2n) is 7.44. The molecule has 0 radical (unpaired) electrons. The predicted molar refractivity (Wildman–Crippen MR) is 109 cm³/mol. The average molecular weight is 391 g/mol. The van der Waals surface area contributed by atoms with Gasteiger partial charge in [0.25, 0.3) is 5.91 Å². The van der Waals surface area contributed by atoms with Crippen LogP contribution in [0.5, 0.6) is 11.6 Å². The van der Waals surface area contributed by atoms with Crippen LogP contribution >= 0.6 is 0 Å². The van der Waals surface area contributed by atoms with Gasteiger partial charge < -0.3 is 10.1 Å². The minimum absolute atomic E-state index is 0.188. The van der Waals surface area contributed by atoms with Gasteiger partial charge in [-0.3, -0.25) is 4.79 Å². The zero-order chi connectivity index (χ0) is 20.5. The molecule has 1 N–H and O–H groups in total. The molecule has 2 aromatic heterocycles. The van der Waals surface area contributed by atoms with Crippen molar-refractivity contribution in [3.8, 4) is 11.6 Å². The Kier molecular flexibility index (Phi) is 5.01. The Morgan fingerprint density at radius 1 is 1.17 bits per heavy atom. The molecule has 1 fully saturated rings. The summed E-state index contributed by atoms with van der Waals surface area (Å²) in [4.78, 5) is 21.4. The molecule has 0 atom stereocenters. The van der Waals surface area contributed by atoms with Gasteiger partial charge in [-0.15, -0.1) is 0 Å². The van der Waals surface area contributed by atoms with Crippen molar-refractivity contribution in [2.75, 3.05) is 5.32 Å². The Morgan fingerprint density at radius 2 is 1.97 bits per heavy atom. The quantitative estimate of drug-likeness (QED) is 0.586. The van der Waals surface area contributed by atoms with Gasteiger partial charge in [0.15, 0.2) is 5.75 Å². The molecular weight excluding hydrogens is 369 g/mol. The van der Waals surface area contributed by atoms with Gasteiger partial charge >= 0.3 is 0 Å². The number of rotatable bonds is 5. The second kappa shape index (κ2) is 7.62. The first-order chi connectivity index (χ1) is 13.9. The van der Waals surface area contributed by atoms with Gasteiger partial charge in [0.2, 0.25) is 11.8 Å². The van der Waals surface area contributed by atoms with Gasteiger partial charge in [-0.25, -0.2) is 9.97 Å². The summed E-state index contributed by atoms with van der Waals surface area (Å²) in [7, 11) is 0. The molecule has 0 saturated heterocycles. The summed E-state index contributed by atoms with van der Waals surface area (Å²) in [6.45, 7) is 5.54. The lowest BCUT2D eigenvalue weighted by molar-refractivity contribution is 0.102. The zero-order valence-electron chi connectivity index (χ0n) is 16.6. The first-order valence-corrected chi connectivity index (χ1v) is 9.61. The van der Waals surface area contributed by atoms with Gasteiger partial charge in [0.05, 0.1) is 5.69 Å². The number of pyridine rings is 2. The summed E-state index contributed by atoms with van der Waals surface area (Å²) in [5.41, 5.74) is 4.46. The monoisotopic (exact) mass is 391 g/mol. The highest BCUT2D eigenvalue weighted by molar-refractivity contribution is 6.07. The van der Waals surface area contributed by atoms with E-state index in [4.69, 9.17) is 4.74 Å². The highest BCUT2D eigenvalue weighted by Gasteiger charge is 2.30. The van der Waals surface area contributed by atoms with Crippen molar-refractivity contribution in [3.63, 3.8) is 0 Å². The molecule has 4 rings (SSSR count). The summed E-state index contributed by atoms with van der Waals surface area (Å²) in [6.07, 6.45) is 3.98. The van der Waals surface area contributed by atoms with Crippen LogP contribution in [0.1, 0.15) is 51.5 Å². The van der Waals surface area contributed by atoms with Crippen LogP contribution < -0.4 is 10.1 Å². The maximum absolute atomic E-state index is 13.3. The van der Waals surface area contributed by atoms with Crippen LogP contribution in [-0.2, 0) is 0 Å². The Hall–Kier alpha value is -3.28. The van der Waals surface area contributed by atoms with Crippen LogP contribution in [0.25, 0.3) is 0 Å². The van der Waals surface area contributed by atoms with Gasteiger partial charge in [0, 0.05) is 11.9 Å². The van der Waals surface area contributed by atoms with E-state index in [-0.39, 0.29) is 11.8 Å². The molecule has 5 nitrogen and oxygen atoms in total. The Morgan fingerprint density at radius 3 is 2.66 bits per heavy atom. The summed E-state index contributed by atoms with van der Waals surface area (Å²) >= 11 is 0. The lowest BCUT2D eigenvalue weighted by Gasteiger charge is -2.16. The maximum Gasteiger partial charge on any atom is 0.261 e.